The first-order valence-corrected chi connectivity index (χ1v) is 6.37. The molecule has 4 heteroatoms. The van der Waals surface area contributed by atoms with E-state index >= 15 is 0 Å². The first kappa shape index (κ1) is 11.7. The number of nitrogens with two attached hydrogens (primary N) is 1. The molecule has 1 aromatic rings. The molecule has 0 amide bonds. The van der Waals surface area contributed by atoms with Crippen molar-refractivity contribution in [2.24, 2.45) is 5.14 Å². The first-order chi connectivity index (χ1) is 7.52. The Balaban J connectivity index is 2.38. The molecule has 1 unspecified atom stereocenters. The zero-order chi connectivity index (χ0) is 11.8. The van der Waals surface area contributed by atoms with Gasteiger partial charge in [0.2, 0.25) is 0 Å². The fourth-order valence-electron chi connectivity index (χ4n) is 2.24. The van der Waals surface area contributed by atoms with Crippen LogP contribution in [0.25, 0.3) is 0 Å². The molecule has 1 heterocycles. The topological polar surface area (TPSA) is 35.2 Å². The van der Waals surface area contributed by atoms with Gasteiger partial charge in [0.15, 0.2) is 0 Å². The molecule has 2 N–H and O–H groups in total. The van der Waals surface area contributed by atoms with Gasteiger partial charge in [0.1, 0.15) is 17.2 Å². The van der Waals surface area contributed by atoms with Crippen molar-refractivity contribution in [1.29, 1.82) is 0 Å². The van der Waals surface area contributed by atoms with Gasteiger partial charge < -0.3 is 4.74 Å². The minimum atomic E-state index is -0.254. The minimum Gasteiger partial charge on any atom is -0.487 e. The molecule has 0 saturated heterocycles. The Morgan fingerprint density at radius 3 is 3.00 bits per heavy atom. The van der Waals surface area contributed by atoms with Gasteiger partial charge in [0.05, 0.1) is 0 Å². The van der Waals surface area contributed by atoms with Gasteiger partial charge in [-0.15, -0.1) is 0 Å². The number of benzene rings is 1. The normalized spacial score (nSPS) is 22.4. The second-order valence-electron chi connectivity index (χ2n) is 4.78. The summed E-state index contributed by atoms with van der Waals surface area (Å²) in [6.45, 7) is 4.05. The number of rotatable bonds is 2. The van der Waals surface area contributed by atoms with Crippen molar-refractivity contribution < 1.29 is 9.13 Å². The third-order valence-electron chi connectivity index (χ3n) is 2.84. The van der Waals surface area contributed by atoms with Gasteiger partial charge in [0.25, 0.3) is 0 Å². The average Bonchev–Trinajstić information content (AvgIpc) is 2.15. The summed E-state index contributed by atoms with van der Waals surface area (Å²) in [5.74, 6) is 1.59. The summed E-state index contributed by atoms with van der Waals surface area (Å²) in [5, 5.41) is 5.54. The molecule has 0 aromatic heterocycles. The van der Waals surface area contributed by atoms with Crippen LogP contribution in [-0.4, -0.2) is 11.4 Å². The van der Waals surface area contributed by atoms with Crippen molar-refractivity contribution in [3.8, 4) is 5.75 Å². The minimum absolute atomic E-state index is 0.249. The van der Waals surface area contributed by atoms with E-state index in [1.165, 1.54) is 24.1 Å². The maximum Gasteiger partial charge on any atom is 0.126 e. The predicted molar refractivity (Wildman–Crippen MR) is 65.1 cm³/mol. The van der Waals surface area contributed by atoms with Crippen molar-refractivity contribution >= 4 is 11.9 Å². The summed E-state index contributed by atoms with van der Waals surface area (Å²) < 4.78 is 18.9. The molecule has 1 aliphatic heterocycles. The highest BCUT2D eigenvalue weighted by Crippen LogP contribution is 2.41. The van der Waals surface area contributed by atoms with Gasteiger partial charge in [-0.2, -0.15) is 0 Å². The van der Waals surface area contributed by atoms with Crippen molar-refractivity contribution in [2.45, 2.75) is 31.8 Å². The molecule has 0 fully saturated rings. The van der Waals surface area contributed by atoms with Crippen LogP contribution >= 0.6 is 11.9 Å². The van der Waals surface area contributed by atoms with Gasteiger partial charge in [0, 0.05) is 17.7 Å². The number of hydrogen-bond acceptors (Lipinski definition) is 3. The Morgan fingerprint density at radius 2 is 2.31 bits per heavy atom. The van der Waals surface area contributed by atoms with E-state index in [1.807, 2.05) is 13.8 Å². The Kier molecular flexibility index (Phi) is 3.13. The van der Waals surface area contributed by atoms with Crippen molar-refractivity contribution in [1.82, 2.24) is 0 Å². The highest BCUT2D eigenvalue weighted by Gasteiger charge is 2.33. The number of fused-ring (bicyclic) bond motifs is 1. The highest BCUT2D eigenvalue weighted by molar-refractivity contribution is 7.97. The fourth-order valence-corrected chi connectivity index (χ4v) is 2.77. The molecular formula is C12H16FNOS. The number of ether oxygens (including phenoxy) is 1. The van der Waals surface area contributed by atoms with Crippen LogP contribution in [0, 0.1) is 5.82 Å². The van der Waals surface area contributed by atoms with Crippen LogP contribution in [0.4, 0.5) is 4.39 Å². The van der Waals surface area contributed by atoms with Crippen LogP contribution in [0.2, 0.25) is 0 Å². The van der Waals surface area contributed by atoms with Crippen LogP contribution in [0.15, 0.2) is 18.2 Å². The van der Waals surface area contributed by atoms with E-state index < -0.39 is 0 Å². The van der Waals surface area contributed by atoms with Crippen LogP contribution in [0.5, 0.6) is 5.75 Å². The second kappa shape index (κ2) is 4.26. The van der Waals surface area contributed by atoms with Crippen molar-refractivity contribution in [3.63, 3.8) is 0 Å². The van der Waals surface area contributed by atoms with E-state index in [9.17, 15) is 4.39 Å². The summed E-state index contributed by atoms with van der Waals surface area (Å²) in [6.07, 6.45) is 0.913. The molecule has 2 rings (SSSR count). The highest BCUT2D eigenvalue weighted by atomic mass is 32.2. The second-order valence-corrected chi connectivity index (χ2v) is 5.44. The summed E-state index contributed by atoms with van der Waals surface area (Å²) >= 11 is 1.33. The van der Waals surface area contributed by atoms with E-state index in [0.717, 1.165) is 17.7 Å². The summed E-state index contributed by atoms with van der Waals surface area (Å²) in [6, 6.07) is 4.75. The van der Waals surface area contributed by atoms with Crippen LogP contribution in [0.3, 0.4) is 0 Å². The predicted octanol–water partition coefficient (Wildman–Crippen LogP) is 3.08. The zero-order valence-corrected chi connectivity index (χ0v) is 10.3. The fraction of sp³-hybridized carbons (Fsp3) is 0.500. The Bertz CT molecular complexity index is 395. The molecule has 2 nitrogen and oxygen atoms in total. The molecule has 0 bridgehead atoms. The molecule has 88 valence electrons. The van der Waals surface area contributed by atoms with E-state index in [1.54, 1.807) is 6.07 Å². The average molecular weight is 241 g/mol. The Morgan fingerprint density at radius 1 is 1.56 bits per heavy atom. The maximum atomic E-state index is 13.1. The Labute approximate surface area is 99.5 Å². The van der Waals surface area contributed by atoms with Gasteiger partial charge in [-0.25, -0.2) is 4.39 Å². The molecule has 1 aromatic carbocycles. The van der Waals surface area contributed by atoms with Gasteiger partial charge in [-0.3, -0.25) is 5.14 Å². The van der Waals surface area contributed by atoms with Crippen LogP contribution in [-0.2, 0) is 0 Å². The first-order valence-electron chi connectivity index (χ1n) is 5.32. The molecule has 0 spiro atoms. The standard InChI is InChI=1S/C12H16FNOS/c1-12(2)6-8(7-16-14)10-4-3-9(13)5-11(10)15-12/h3-5,8H,6-7,14H2,1-2H3. The summed E-state index contributed by atoms with van der Waals surface area (Å²) in [4.78, 5) is 0. The van der Waals surface area contributed by atoms with Crippen LogP contribution in [0.1, 0.15) is 31.7 Å². The van der Waals surface area contributed by atoms with E-state index in [-0.39, 0.29) is 11.4 Å². The monoisotopic (exact) mass is 241 g/mol. The zero-order valence-electron chi connectivity index (χ0n) is 9.50. The van der Waals surface area contributed by atoms with Gasteiger partial charge in [-0.1, -0.05) is 18.0 Å². The van der Waals surface area contributed by atoms with Crippen molar-refractivity contribution in [2.75, 3.05) is 5.75 Å². The molecule has 0 aliphatic carbocycles. The largest absolute Gasteiger partial charge is 0.487 e. The lowest BCUT2D eigenvalue weighted by atomic mass is 9.85. The molecule has 16 heavy (non-hydrogen) atoms. The summed E-state index contributed by atoms with van der Waals surface area (Å²) in [5.41, 5.74) is 0.819. The molecule has 1 aliphatic rings. The van der Waals surface area contributed by atoms with Crippen LogP contribution < -0.4 is 9.88 Å². The quantitative estimate of drug-likeness (QED) is 0.808. The third-order valence-corrected chi connectivity index (χ3v) is 3.43. The number of halogens is 1. The smallest absolute Gasteiger partial charge is 0.126 e. The van der Waals surface area contributed by atoms with Crippen molar-refractivity contribution in [3.05, 3.63) is 29.6 Å². The van der Waals surface area contributed by atoms with E-state index in [2.05, 4.69) is 0 Å². The lowest BCUT2D eigenvalue weighted by Gasteiger charge is -2.37. The summed E-state index contributed by atoms with van der Waals surface area (Å²) in [7, 11) is 0. The van der Waals surface area contributed by atoms with Gasteiger partial charge in [-0.05, 0) is 31.9 Å². The molecule has 1 atom stereocenters. The van der Waals surface area contributed by atoms with Gasteiger partial charge >= 0.3 is 0 Å². The molecule has 0 saturated carbocycles. The lowest BCUT2D eigenvalue weighted by molar-refractivity contribution is 0.0748. The molecule has 0 radical (unpaired) electrons. The maximum absolute atomic E-state index is 13.1. The third kappa shape index (κ3) is 2.33. The number of hydrogen-bond donors (Lipinski definition) is 1. The lowest BCUT2D eigenvalue weighted by Crippen LogP contribution is -2.35. The van der Waals surface area contributed by atoms with E-state index in [4.69, 9.17) is 9.88 Å². The molecular weight excluding hydrogens is 225 g/mol. The van der Waals surface area contributed by atoms with E-state index in [0.29, 0.717) is 11.7 Å². The SMILES string of the molecule is CC1(C)CC(CSN)c2ccc(F)cc2O1. The Hall–Kier alpha value is -0.740.